The Balaban J connectivity index is 1.21. The fraction of sp³-hybridized carbons (Fsp3) is 0.486. The molecule has 2 aliphatic carbocycles. The van der Waals surface area contributed by atoms with Crippen LogP contribution in [0.5, 0.6) is 5.75 Å². The zero-order chi connectivity index (χ0) is 28.2. The molecule has 4 unspecified atom stereocenters. The van der Waals surface area contributed by atoms with Crippen molar-refractivity contribution in [3.63, 3.8) is 0 Å². The number of rotatable bonds is 9. The molecule has 2 fully saturated rings. The van der Waals surface area contributed by atoms with Gasteiger partial charge in [-0.1, -0.05) is 75.9 Å². The molecule has 2 aliphatic rings. The lowest BCUT2D eigenvalue weighted by molar-refractivity contribution is 0.114. The van der Waals surface area contributed by atoms with E-state index in [0.29, 0.717) is 18.8 Å². The van der Waals surface area contributed by atoms with Crippen molar-refractivity contribution in [3.05, 3.63) is 88.5 Å². The largest absolute Gasteiger partial charge is 0.486 e. The second kappa shape index (κ2) is 12.8. The summed E-state index contributed by atoms with van der Waals surface area (Å²) in [5.74, 6) is -1.67. The van der Waals surface area contributed by atoms with Crippen molar-refractivity contribution in [1.82, 2.24) is 0 Å². The highest BCUT2D eigenvalue weighted by Gasteiger charge is 2.35. The van der Waals surface area contributed by atoms with Gasteiger partial charge in [0.05, 0.1) is 0 Å². The number of halogens is 4. The number of hydrogen-bond acceptors (Lipinski definition) is 1. The van der Waals surface area contributed by atoms with Crippen molar-refractivity contribution in [2.24, 2.45) is 17.8 Å². The van der Waals surface area contributed by atoms with Crippen molar-refractivity contribution in [2.45, 2.75) is 90.6 Å². The Labute approximate surface area is 236 Å². The van der Waals surface area contributed by atoms with Crippen LogP contribution in [0.2, 0.25) is 0 Å². The summed E-state index contributed by atoms with van der Waals surface area (Å²) >= 11 is 0. The lowest BCUT2D eigenvalue weighted by Crippen LogP contribution is -2.30. The summed E-state index contributed by atoms with van der Waals surface area (Å²) in [5.41, 5.74) is 1.79. The highest BCUT2D eigenvalue weighted by Crippen LogP contribution is 2.48. The quantitative estimate of drug-likeness (QED) is 0.240. The van der Waals surface area contributed by atoms with Gasteiger partial charge in [0.2, 0.25) is 5.82 Å². The topological polar surface area (TPSA) is 9.23 Å². The van der Waals surface area contributed by atoms with Crippen LogP contribution < -0.4 is 4.74 Å². The van der Waals surface area contributed by atoms with Gasteiger partial charge in [-0.2, -0.15) is 4.39 Å². The first kappa shape index (κ1) is 28.7. The maximum absolute atomic E-state index is 14.9. The van der Waals surface area contributed by atoms with Crippen LogP contribution >= 0.6 is 0 Å². The van der Waals surface area contributed by atoms with Gasteiger partial charge in [-0.15, -0.1) is 0 Å². The molecule has 0 spiro atoms. The maximum atomic E-state index is 14.9. The van der Waals surface area contributed by atoms with E-state index in [-0.39, 0.29) is 29.0 Å². The molecule has 1 nitrogen and oxygen atoms in total. The first-order chi connectivity index (χ1) is 19.4. The molecular formula is C35H40F4O. The zero-order valence-corrected chi connectivity index (χ0v) is 23.6. The number of hydrogen-bond donors (Lipinski definition) is 0. The second-order valence-corrected chi connectivity index (χ2v) is 11.9. The molecular weight excluding hydrogens is 512 g/mol. The lowest BCUT2D eigenvalue weighted by atomic mass is 9.63. The third-order valence-corrected chi connectivity index (χ3v) is 9.28. The molecule has 0 bridgehead atoms. The van der Waals surface area contributed by atoms with Gasteiger partial charge >= 0.3 is 0 Å². The average Bonchev–Trinajstić information content (AvgIpc) is 2.97. The van der Waals surface area contributed by atoms with Crippen molar-refractivity contribution >= 4 is 0 Å². The molecule has 0 N–H and O–H groups in total. The van der Waals surface area contributed by atoms with Crippen LogP contribution in [0.15, 0.2) is 48.5 Å². The van der Waals surface area contributed by atoms with Gasteiger partial charge in [0, 0.05) is 11.1 Å². The maximum Gasteiger partial charge on any atom is 0.201 e. The summed E-state index contributed by atoms with van der Waals surface area (Å²) in [5, 5.41) is 0. The molecule has 0 heterocycles. The Hall–Kier alpha value is -2.82. The van der Waals surface area contributed by atoms with Gasteiger partial charge in [-0.05, 0) is 91.0 Å². The van der Waals surface area contributed by atoms with E-state index in [2.05, 4.69) is 19.1 Å². The summed E-state index contributed by atoms with van der Waals surface area (Å²) in [6, 6.07) is 13.5. The predicted molar refractivity (Wildman–Crippen MR) is 152 cm³/mol. The van der Waals surface area contributed by atoms with Crippen molar-refractivity contribution < 1.29 is 22.3 Å². The summed E-state index contributed by atoms with van der Waals surface area (Å²) in [4.78, 5) is 0. The minimum absolute atomic E-state index is 0.0822. The standard InChI is InChI=1S/C35H40F4O/c1-3-5-22-7-12-28-20-27(14-13-26(28)19-22)24-10-8-23(9-11-24)21-40-31-18-17-30(34(38)35(31)39)29-16-15-25(6-4-2)32(36)33(29)37/h8-11,15-18,22,26-28H,3-7,12-14,19-21H2,1-2H3. The first-order valence-electron chi connectivity index (χ1n) is 15.1. The van der Waals surface area contributed by atoms with Crippen LogP contribution in [-0.4, -0.2) is 0 Å². The Morgan fingerprint density at radius 3 is 2.08 bits per heavy atom. The lowest BCUT2D eigenvalue weighted by Gasteiger charge is -2.42. The van der Waals surface area contributed by atoms with Gasteiger partial charge < -0.3 is 4.74 Å². The minimum Gasteiger partial charge on any atom is -0.486 e. The fourth-order valence-electron chi connectivity index (χ4n) is 7.12. The highest BCUT2D eigenvalue weighted by molar-refractivity contribution is 5.66. The monoisotopic (exact) mass is 552 g/mol. The molecule has 0 saturated heterocycles. The molecule has 0 aromatic heterocycles. The molecule has 40 heavy (non-hydrogen) atoms. The minimum atomic E-state index is -1.26. The molecule has 2 saturated carbocycles. The van der Waals surface area contributed by atoms with Crippen molar-refractivity contribution in [3.8, 4) is 16.9 Å². The molecule has 0 aliphatic heterocycles. The number of fused-ring (bicyclic) bond motifs is 1. The van der Waals surface area contributed by atoms with Gasteiger partial charge in [0.1, 0.15) is 6.61 Å². The number of benzene rings is 3. The highest BCUT2D eigenvalue weighted by atomic mass is 19.2. The van der Waals surface area contributed by atoms with E-state index < -0.39 is 23.3 Å². The van der Waals surface area contributed by atoms with Crippen LogP contribution in [-0.2, 0) is 13.0 Å². The van der Waals surface area contributed by atoms with Crippen LogP contribution in [0.3, 0.4) is 0 Å². The Bertz CT molecular complexity index is 1300. The Morgan fingerprint density at radius 2 is 1.35 bits per heavy atom. The first-order valence-corrected chi connectivity index (χ1v) is 15.1. The summed E-state index contributed by atoms with van der Waals surface area (Å²) in [6.45, 7) is 4.23. The number of aryl methyl sites for hydroxylation is 1. The number of ether oxygens (including phenoxy) is 1. The normalized spacial score (nSPS) is 22.6. The molecule has 0 radical (unpaired) electrons. The molecule has 5 rings (SSSR count). The molecule has 3 aromatic rings. The van der Waals surface area contributed by atoms with Crippen LogP contribution in [0.25, 0.3) is 11.1 Å². The van der Waals surface area contributed by atoms with Gasteiger partial charge in [0.25, 0.3) is 0 Å². The van der Waals surface area contributed by atoms with E-state index in [0.717, 1.165) is 23.3 Å². The smallest absolute Gasteiger partial charge is 0.201 e. The van der Waals surface area contributed by atoms with E-state index >= 15 is 0 Å². The Morgan fingerprint density at radius 1 is 0.675 bits per heavy atom. The van der Waals surface area contributed by atoms with Gasteiger partial charge in [-0.25, -0.2) is 13.2 Å². The molecule has 3 aromatic carbocycles. The SMILES string of the molecule is CCCc1ccc(-c2ccc(OCc3ccc(C4CCC5CC(CCC)CCC5C4)cc3)c(F)c2F)c(F)c1F. The predicted octanol–water partition coefficient (Wildman–Crippen LogP) is 10.5. The van der Waals surface area contributed by atoms with E-state index in [4.69, 9.17) is 4.74 Å². The van der Waals surface area contributed by atoms with Crippen LogP contribution in [0, 0.1) is 41.0 Å². The molecule has 214 valence electrons. The third kappa shape index (κ3) is 6.09. The molecule has 5 heteroatoms. The van der Waals surface area contributed by atoms with Gasteiger partial charge in [-0.3, -0.25) is 0 Å². The van der Waals surface area contributed by atoms with Gasteiger partial charge in [0.15, 0.2) is 23.2 Å². The molecule has 4 atom stereocenters. The zero-order valence-electron chi connectivity index (χ0n) is 23.6. The van der Waals surface area contributed by atoms with Crippen molar-refractivity contribution in [1.29, 1.82) is 0 Å². The second-order valence-electron chi connectivity index (χ2n) is 11.9. The average molecular weight is 553 g/mol. The summed E-state index contributed by atoms with van der Waals surface area (Å²) in [6.07, 6.45) is 11.7. The molecule has 0 amide bonds. The van der Waals surface area contributed by atoms with Crippen molar-refractivity contribution in [2.75, 3.05) is 0 Å². The summed E-state index contributed by atoms with van der Waals surface area (Å²) < 4.78 is 64.5. The van der Waals surface area contributed by atoms with Crippen LogP contribution in [0.1, 0.15) is 94.2 Å². The van der Waals surface area contributed by atoms with E-state index in [1.807, 2.05) is 19.1 Å². The Kier molecular flexibility index (Phi) is 9.17. The fourth-order valence-corrected chi connectivity index (χ4v) is 7.12. The third-order valence-electron chi connectivity index (χ3n) is 9.28. The van der Waals surface area contributed by atoms with Crippen LogP contribution in [0.4, 0.5) is 17.6 Å². The van der Waals surface area contributed by atoms with E-state index in [1.54, 1.807) is 0 Å². The van der Waals surface area contributed by atoms with E-state index in [1.165, 1.54) is 81.2 Å². The summed E-state index contributed by atoms with van der Waals surface area (Å²) in [7, 11) is 0. The van der Waals surface area contributed by atoms with E-state index in [9.17, 15) is 17.6 Å².